The Balaban J connectivity index is 1.46. The van der Waals surface area contributed by atoms with Crippen LogP contribution in [0.3, 0.4) is 0 Å². The van der Waals surface area contributed by atoms with Gasteiger partial charge >= 0.3 is 12.1 Å². The highest BCUT2D eigenvalue weighted by Gasteiger charge is 2.31. The summed E-state index contributed by atoms with van der Waals surface area (Å²) in [6.07, 6.45) is 0.792. The summed E-state index contributed by atoms with van der Waals surface area (Å²) in [6, 6.07) is 16.7. The van der Waals surface area contributed by atoms with Crippen molar-refractivity contribution in [2.45, 2.75) is 77.4 Å². The second-order valence-electron chi connectivity index (χ2n) is 12.2. The maximum Gasteiger partial charge on any atom is 0.407 e. The number of urea groups is 1. The minimum Gasteiger partial charge on any atom is -0.470 e. The molecular weight excluding hydrogens is 677 g/mol. The lowest BCUT2D eigenvalue weighted by Gasteiger charge is -2.30. The predicted octanol–water partition coefficient (Wildman–Crippen LogP) is 5.18. The van der Waals surface area contributed by atoms with Crippen molar-refractivity contribution in [3.8, 4) is 5.19 Å². The molecule has 0 unspecified atom stereocenters. The molecule has 0 radical (unpaired) electrons. The molecule has 0 fully saturated rings. The number of ether oxygens (including phenoxy) is 2. The molecule has 0 spiro atoms. The summed E-state index contributed by atoms with van der Waals surface area (Å²) in [7, 11) is 1.64. The zero-order chi connectivity index (χ0) is 35.9. The van der Waals surface area contributed by atoms with Crippen LogP contribution in [0.5, 0.6) is 5.19 Å². The highest BCUT2D eigenvalue weighted by atomic mass is 32.1. The number of benzene rings is 2. The van der Waals surface area contributed by atoms with E-state index in [4.69, 9.17) is 9.47 Å². The van der Waals surface area contributed by atoms with E-state index in [0.29, 0.717) is 30.3 Å². The Hall–Kier alpha value is -4.53. The number of carbonyl (C=O) groups excluding carboxylic acids is 3. The third-order valence-electron chi connectivity index (χ3n) is 7.86. The molecule has 0 aliphatic carbocycles. The maximum absolute atomic E-state index is 13.8. The SMILES string of the molecule is CCOc1nc(CN(C)C(=O)N[C@H](C(=O)N[C@@H](Cc2ccccc2)C[C@H](O)[C@H](Cc2ccccc2)NC(=O)OCc2cncs2)C(C)C)cs1. The number of nitrogens with zero attached hydrogens (tertiary/aromatic N) is 3. The van der Waals surface area contributed by atoms with E-state index >= 15 is 0 Å². The van der Waals surface area contributed by atoms with E-state index in [-0.39, 0.29) is 31.4 Å². The number of alkyl carbamates (subject to hydrolysis) is 1. The largest absolute Gasteiger partial charge is 0.470 e. The summed E-state index contributed by atoms with van der Waals surface area (Å²) in [5.74, 6) is -0.613. The Morgan fingerprint density at radius 2 is 1.62 bits per heavy atom. The van der Waals surface area contributed by atoms with Crippen LogP contribution in [0.2, 0.25) is 0 Å². The Kier molecular flexibility index (Phi) is 15.0. The summed E-state index contributed by atoms with van der Waals surface area (Å²) >= 11 is 2.74. The first-order chi connectivity index (χ1) is 24.1. The molecule has 2 aromatic carbocycles. The van der Waals surface area contributed by atoms with Crippen molar-refractivity contribution in [2.24, 2.45) is 5.92 Å². The van der Waals surface area contributed by atoms with E-state index in [1.165, 1.54) is 27.6 Å². The van der Waals surface area contributed by atoms with Gasteiger partial charge in [0, 0.05) is 24.7 Å². The van der Waals surface area contributed by atoms with Crippen LogP contribution in [-0.4, -0.2) is 75.9 Å². The number of carbonyl (C=O) groups is 3. The third-order valence-corrected chi connectivity index (χ3v) is 9.42. The van der Waals surface area contributed by atoms with Gasteiger partial charge in [0.15, 0.2) is 0 Å². The molecule has 268 valence electrons. The number of hydrogen-bond acceptors (Lipinski definition) is 10. The van der Waals surface area contributed by atoms with E-state index in [1.807, 2.05) is 86.8 Å². The van der Waals surface area contributed by atoms with Crippen molar-refractivity contribution in [2.75, 3.05) is 13.7 Å². The zero-order valence-electron chi connectivity index (χ0n) is 28.8. The fourth-order valence-electron chi connectivity index (χ4n) is 5.28. The molecule has 0 bridgehead atoms. The van der Waals surface area contributed by atoms with E-state index in [0.717, 1.165) is 16.0 Å². The Labute approximate surface area is 301 Å². The van der Waals surface area contributed by atoms with E-state index in [9.17, 15) is 19.5 Å². The van der Waals surface area contributed by atoms with Gasteiger partial charge in [-0.15, -0.1) is 11.3 Å². The van der Waals surface area contributed by atoms with Gasteiger partial charge in [0.1, 0.15) is 12.6 Å². The van der Waals surface area contributed by atoms with Crippen LogP contribution >= 0.6 is 22.7 Å². The molecule has 4 atom stereocenters. The van der Waals surface area contributed by atoms with Gasteiger partial charge in [0.05, 0.1) is 41.4 Å². The molecule has 4 aromatic rings. The highest BCUT2D eigenvalue weighted by Crippen LogP contribution is 2.19. The van der Waals surface area contributed by atoms with Gasteiger partial charge < -0.3 is 35.4 Å². The van der Waals surface area contributed by atoms with Crippen LogP contribution in [0.25, 0.3) is 0 Å². The molecule has 0 aliphatic rings. The van der Waals surface area contributed by atoms with E-state index in [2.05, 4.69) is 25.9 Å². The van der Waals surface area contributed by atoms with Crippen LogP contribution in [0.15, 0.2) is 77.8 Å². The first-order valence-electron chi connectivity index (χ1n) is 16.6. The average molecular weight is 723 g/mol. The Morgan fingerprint density at radius 3 is 2.24 bits per heavy atom. The molecular formula is C36H46N6O6S2. The highest BCUT2D eigenvalue weighted by molar-refractivity contribution is 7.11. The van der Waals surface area contributed by atoms with Gasteiger partial charge in [-0.05, 0) is 43.2 Å². The van der Waals surface area contributed by atoms with Crippen molar-refractivity contribution in [3.63, 3.8) is 0 Å². The molecule has 0 aliphatic heterocycles. The molecule has 0 saturated carbocycles. The van der Waals surface area contributed by atoms with E-state index < -0.39 is 36.4 Å². The molecule has 12 nitrogen and oxygen atoms in total. The normalized spacial score (nSPS) is 13.5. The molecule has 4 N–H and O–H groups in total. The first kappa shape index (κ1) is 38.3. The van der Waals surface area contributed by atoms with Gasteiger partial charge in [0.2, 0.25) is 5.91 Å². The molecule has 14 heteroatoms. The van der Waals surface area contributed by atoms with Crippen LogP contribution in [-0.2, 0) is 35.5 Å². The number of rotatable bonds is 18. The van der Waals surface area contributed by atoms with Gasteiger partial charge in [-0.3, -0.25) is 9.78 Å². The molecule has 2 aromatic heterocycles. The fourth-order valence-corrected chi connectivity index (χ4v) is 6.50. The quantitative estimate of drug-likeness (QED) is 0.110. The predicted molar refractivity (Wildman–Crippen MR) is 194 cm³/mol. The van der Waals surface area contributed by atoms with Crippen molar-refractivity contribution < 1.29 is 29.0 Å². The lowest BCUT2D eigenvalue weighted by Crippen LogP contribution is -2.55. The topological polar surface area (TPSA) is 155 Å². The average Bonchev–Trinajstić information content (AvgIpc) is 3.79. The van der Waals surface area contributed by atoms with Crippen molar-refractivity contribution >= 4 is 40.7 Å². The summed E-state index contributed by atoms with van der Waals surface area (Å²) in [6.45, 7) is 6.41. The van der Waals surface area contributed by atoms with Crippen LogP contribution < -0.4 is 20.7 Å². The lowest BCUT2D eigenvalue weighted by molar-refractivity contribution is -0.124. The van der Waals surface area contributed by atoms with Gasteiger partial charge in [-0.1, -0.05) is 85.8 Å². The molecule has 50 heavy (non-hydrogen) atoms. The number of hydrogen-bond donors (Lipinski definition) is 4. The number of aliphatic hydroxyl groups is 1. The second kappa shape index (κ2) is 19.6. The number of aromatic nitrogens is 2. The third kappa shape index (κ3) is 12.4. The van der Waals surface area contributed by atoms with Crippen molar-refractivity contribution in [1.29, 1.82) is 0 Å². The molecule has 4 rings (SSSR count). The maximum atomic E-state index is 13.8. The van der Waals surface area contributed by atoms with Crippen LogP contribution in [0, 0.1) is 5.92 Å². The van der Waals surface area contributed by atoms with Crippen molar-refractivity contribution in [3.05, 3.63) is 99.4 Å². The minimum absolute atomic E-state index is 0.0624. The van der Waals surface area contributed by atoms with Gasteiger partial charge in [-0.2, -0.15) is 0 Å². The standard InChI is InChI=1S/C36H46N6O6S2/c1-5-47-36-39-28(22-49-36)20-42(4)34(45)41-32(24(2)3)33(44)38-27(16-25-12-8-6-9-13-25)18-31(43)30(17-26-14-10-7-11-15-26)40-35(46)48-21-29-19-37-23-50-29/h6-15,19,22-24,27,30-32,43H,5,16-18,20-21H2,1-4H3,(H,38,44)(H,40,46)(H,41,45)/t27-,30-,31-,32-/m0/s1. The number of thiazole rings is 2. The van der Waals surface area contributed by atoms with Crippen LogP contribution in [0.1, 0.15) is 48.9 Å². The summed E-state index contributed by atoms with van der Waals surface area (Å²) < 4.78 is 10.9. The Morgan fingerprint density at radius 1 is 0.940 bits per heavy atom. The number of nitrogens with one attached hydrogen (secondary N) is 3. The Bertz CT molecular complexity index is 1610. The molecule has 0 saturated heterocycles. The monoisotopic (exact) mass is 722 g/mol. The molecule has 2 heterocycles. The summed E-state index contributed by atoms with van der Waals surface area (Å²) in [4.78, 5) is 50.6. The fraction of sp³-hybridized carbons (Fsp3) is 0.417. The summed E-state index contributed by atoms with van der Waals surface area (Å²) in [5.41, 5.74) is 4.22. The molecule has 4 amide bonds. The van der Waals surface area contributed by atoms with Crippen LogP contribution in [0.4, 0.5) is 9.59 Å². The van der Waals surface area contributed by atoms with Crippen molar-refractivity contribution in [1.82, 2.24) is 30.8 Å². The van der Waals surface area contributed by atoms with Gasteiger partial charge in [0.25, 0.3) is 5.19 Å². The minimum atomic E-state index is -1.06. The zero-order valence-corrected chi connectivity index (χ0v) is 30.4. The second-order valence-corrected chi connectivity index (χ2v) is 14.0. The first-order valence-corrected chi connectivity index (χ1v) is 18.3. The number of aliphatic hydroxyl groups excluding tert-OH is 1. The summed E-state index contributed by atoms with van der Waals surface area (Å²) in [5, 5.41) is 22.8. The van der Waals surface area contributed by atoms with Gasteiger partial charge in [-0.25, -0.2) is 14.6 Å². The smallest absolute Gasteiger partial charge is 0.407 e. The van der Waals surface area contributed by atoms with E-state index in [1.54, 1.807) is 18.8 Å². The number of amides is 4. The lowest BCUT2D eigenvalue weighted by atomic mass is 9.93.